The SMILES string of the molecule is COc1ccc(CCNC(=O)CSc2nnc(-c3ccc(C)c(C)c3)o2)cc1OC. The zero-order chi connectivity index (χ0) is 21.5. The molecule has 0 saturated carbocycles. The molecule has 0 saturated heterocycles. The van der Waals surface area contributed by atoms with Gasteiger partial charge in [0.05, 0.1) is 20.0 Å². The fraction of sp³-hybridized carbons (Fsp3) is 0.318. The van der Waals surface area contributed by atoms with E-state index in [0.717, 1.165) is 16.7 Å². The van der Waals surface area contributed by atoms with Crippen LogP contribution in [0.25, 0.3) is 11.5 Å². The van der Waals surface area contributed by atoms with E-state index in [2.05, 4.69) is 22.4 Å². The van der Waals surface area contributed by atoms with E-state index < -0.39 is 0 Å². The summed E-state index contributed by atoms with van der Waals surface area (Å²) in [6.45, 7) is 4.61. The number of thioether (sulfide) groups is 1. The maximum Gasteiger partial charge on any atom is 0.277 e. The molecule has 0 bridgehead atoms. The van der Waals surface area contributed by atoms with Gasteiger partial charge in [-0.05, 0) is 61.2 Å². The first kappa shape index (κ1) is 21.7. The van der Waals surface area contributed by atoms with Crippen LogP contribution in [0.1, 0.15) is 16.7 Å². The van der Waals surface area contributed by atoms with E-state index in [0.29, 0.717) is 35.6 Å². The monoisotopic (exact) mass is 427 g/mol. The van der Waals surface area contributed by atoms with Gasteiger partial charge in [-0.15, -0.1) is 10.2 Å². The number of rotatable bonds is 9. The standard InChI is InChI=1S/C22H25N3O4S/c1-14-5-7-17(11-15(14)2)21-24-25-22(29-21)30-13-20(26)23-10-9-16-6-8-18(27-3)19(12-16)28-4/h5-8,11-12H,9-10,13H2,1-4H3,(H,23,26). The number of carbonyl (C=O) groups excluding carboxylic acids is 1. The Morgan fingerprint density at radius 2 is 1.83 bits per heavy atom. The summed E-state index contributed by atoms with van der Waals surface area (Å²) in [4.78, 5) is 12.1. The Morgan fingerprint density at radius 3 is 2.57 bits per heavy atom. The number of methoxy groups -OCH3 is 2. The van der Waals surface area contributed by atoms with Gasteiger partial charge in [0.15, 0.2) is 11.5 Å². The molecule has 1 amide bonds. The van der Waals surface area contributed by atoms with E-state index in [-0.39, 0.29) is 11.7 Å². The molecule has 2 aromatic carbocycles. The van der Waals surface area contributed by atoms with E-state index in [9.17, 15) is 4.79 Å². The fourth-order valence-corrected chi connectivity index (χ4v) is 3.41. The van der Waals surface area contributed by atoms with Gasteiger partial charge in [0.25, 0.3) is 5.22 Å². The van der Waals surface area contributed by atoms with Crippen molar-refractivity contribution in [2.75, 3.05) is 26.5 Å². The fourth-order valence-electron chi connectivity index (χ4n) is 2.82. The molecule has 158 valence electrons. The molecule has 0 aliphatic rings. The summed E-state index contributed by atoms with van der Waals surface area (Å²) in [5.74, 6) is 1.93. The highest BCUT2D eigenvalue weighted by atomic mass is 32.2. The molecule has 8 heteroatoms. The number of aromatic nitrogens is 2. The number of hydrogen-bond acceptors (Lipinski definition) is 7. The average molecular weight is 428 g/mol. The highest BCUT2D eigenvalue weighted by molar-refractivity contribution is 7.99. The Hall–Kier alpha value is -3.00. The third-order valence-electron chi connectivity index (χ3n) is 4.67. The van der Waals surface area contributed by atoms with Gasteiger partial charge < -0.3 is 19.2 Å². The molecule has 1 heterocycles. The van der Waals surface area contributed by atoms with Crippen LogP contribution in [0, 0.1) is 13.8 Å². The quantitative estimate of drug-likeness (QED) is 0.520. The second-order valence-electron chi connectivity index (χ2n) is 6.75. The first-order valence-electron chi connectivity index (χ1n) is 9.51. The van der Waals surface area contributed by atoms with E-state index in [4.69, 9.17) is 13.9 Å². The lowest BCUT2D eigenvalue weighted by molar-refractivity contribution is -0.118. The summed E-state index contributed by atoms with van der Waals surface area (Å²) < 4.78 is 16.2. The van der Waals surface area contributed by atoms with Crippen molar-refractivity contribution in [3.05, 3.63) is 53.1 Å². The molecule has 0 aliphatic heterocycles. The lowest BCUT2D eigenvalue weighted by Gasteiger charge is -2.10. The Labute approximate surface area is 180 Å². The van der Waals surface area contributed by atoms with Gasteiger partial charge in [0, 0.05) is 12.1 Å². The van der Waals surface area contributed by atoms with Crippen molar-refractivity contribution >= 4 is 17.7 Å². The van der Waals surface area contributed by atoms with Gasteiger partial charge in [-0.1, -0.05) is 23.9 Å². The predicted octanol–water partition coefficient (Wildman–Crippen LogP) is 3.82. The van der Waals surface area contributed by atoms with Crippen LogP contribution < -0.4 is 14.8 Å². The molecule has 1 N–H and O–H groups in total. The van der Waals surface area contributed by atoms with Crippen LogP contribution in [-0.4, -0.2) is 42.6 Å². The molecule has 0 unspecified atom stereocenters. The summed E-state index contributed by atoms with van der Waals surface area (Å²) in [5, 5.41) is 11.4. The topological polar surface area (TPSA) is 86.5 Å². The molecule has 3 aromatic rings. The van der Waals surface area contributed by atoms with Crippen molar-refractivity contribution in [2.24, 2.45) is 0 Å². The van der Waals surface area contributed by atoms with Crippen molar-refractivity contribution in [1.29, 1.82) is 0 Å². The van der Waals surface area contributed by atoms with Crippen LogP contribution >= 0.6 is 11.8 Å². The van der Waals surface area contributed by atoms with Crippen molar-refractivity contribution in [3.8, 4) is 23.0 Å². The highest BCUT2D eigenvalue weighted by Gasteiger charge is 2.12. The van der Waals surface area contributed by atoms with Gasteiger partial charge in [0.1, 0.15) is 0 Å². The smallest absolute Gasteiger partial charge is 0.277 e. The Kier molecular flexibility index (Phi) is 7.35. The number of ether oxygens (including phenoxy) is 2. The minimum atomic E-state index is -0.0913. The largest absolute Gasteiger partial charge is 0.493 e. The van der Waals surface area contributed by atoms with Crippen molar-refractivity contribution < 1.29 is 18.7 Å². The predicted molar refractivity (Wildman–Crippen MR) is 116 cm³/mol. The van der Waals surface area contributed by atoms with Crippen LogP contribution in [0.2, 0.25) is 0 Å². The second kappa shape index (κ2) is 10.2. The zero-order valence-corrected chi connectivity index (χ0v) is 18.3. The lowest BCUT2D eigenvalue weighted by atomic mass is 10.1. The number of benzene rings is 2. The molecule has 7 nitrogen and oxygen atoms in total. The second-order valence-corrected chi connectivity index (χ2v) is 7.68. The average Bonchev–Trinajstić information content (AvgIpc) is 3.23. The first-order valence-corrected chi connectivity index (χ1v) is 10.5. The van der Waals surface area contributed by atoms with Gasteiger partial charge in [-0.25, -0.2) is 0 Å². The molecule has 0 spiro atoms. The normalized spacial score (nSPS) is 10.7. The van der Waals surface area contributed by atoms with Gasteiger partial charge in [0.2, 0.25) is 11.8 Å². The van der Waals surface area contributed by atoms with E-state index >= 15 is 0 Å². The maximum atomic E-state index is 12.1. The third-order valence-corrected chi connectivity index (χ3v) is 5.49. The molecular weight excluding hydrogens is 402 g/mol. The van der Waals surface area contributed by atoms with Crippen molar-refractivity contribution in [3.63, 3.8) is 0 Å². The Bertz CT molecular complexity index is 1020. The molecule has 0 atom stereocenters. The van der Waals surface area contributed by atoms with Gasteiger partial charge in [-0.3, -0.25) is 4.79 Å². The van der Waals surface area contributed by atoms with Crippen LogP contribution in [0.4, 0.5) is 0 Å². The molecule has 0 radical (unpaired) electrons. The van der Waals surface area contributed by atoms with E-state index in [1.54, 1.807) is 14.2 Å². The summed E-state index contributed by atoms with van der Waals surface area (Å²) in [6, 6.07) is 11.7. The van der Waals surface area contributed by atoms with Crippen LogP contribution in [0.5, 0.6) is 11.5 Å². The van der Waals surface area contributed by atoms with E-state index in [1.165, 1.54) is 17.3 Å². The number of carbonyl (C=O) groups is 1. The molecule has 1 aromatic heterocycles. The maximum absolute atomic E-state index is 12.1. The minimum Gasteiger partial charge on any atom is -0.493 e. The highest BCUT2D eigenvalue weighted by Crippen LogP contribution is 2.27. The number of amides is 1. The van der Waals surface area contributed by atoms with Crippen LogP contribution in [0.15, 0.2) is 46.0 Å². The third kappa shape index (κ3) is 5.54. The number of aryl methyl sites for hydroxylation is 2. The Morgan fingerprint density at radius 1 is 1.03 bits per heavy atom. The molecule has 3 rings (SSSR count). The molecule has 30 heavy (non-hydrogen) atoms. The number of nitrogens with one attached hydrogen (secondary N) is 1. The summed E-state index contributed by atoms with van der Waals surface area (Å²) in [6.07, 6.45) is 0.689. The van der Waals surface area contributed by atoms with Crippen LogP contribution in [-0.2, 0) is 11.2 Å². The van der Waals surface area contributed by atoms with Gasteiger partial charge in [-0.2, -0.15) is 0 Å². The van der Waals surface area contributed by atoms with Crippen LogP contribution in [0.3, 0.4) is 0 Å². The van der Waals surface area contributed by atoms with Gasteiger partial charge >= 0.3 is 0 Å². The summed E-state index contributed by atoms with van der Waals surface area (Å²) in [7, 11) is 3.20. The first-order chi connectivity index (χ1) is 14.5. The summed E-state index contributed by atoms with van der Waals surface area (Å²) in [5.41, 5.74) is 4.29. The molecule has 0 aliphatic carbocycles. The van der Waals surface area contributed by atoms with E-state index in [1.807, 2.05) is 43.3 Å². The number of nitrogens with zero attached hydrogens (tertiary/aromatic N) is 2. The van der Waals surface area contributed by atoms with Crippen molar-refractivity contribution in [1.82, 2.24) is 15.5 Å². The summed E-state index contributed by atoms with van der Waals surface area (Å²) >= 11 is 1.22. The molecule has 0 fully saturated rings. The lowest BCUT2D eigenvalue weighted by Crippen LogP contribution is -2.27. The minimum absolute atomic E-state index is 0.0913. The van der Waals surface area contributed by atoms with Crippen molar-refractivity contribution in [2.45, 2.75) is 25.5 Å². The Balaban J connectivity index is 1.46. The molecular formula is C22H25N3O4S. The number of hydrogen-bond donors (Lipinski definition) is 1. The zero-order valence-electron chi connectivity index (χ0n) is 17.5.